The number of hydrogen-bond donors (Lipinski definition) is 1. The number of carbonyl (C=O) groups excluding carboxylic acids is 1. The number of fused-ring (bicyclic) bond motifs is 1. The standard InChI is InChI=1S/C23H26N4O4S/c1-16-7-9-17(10-8-16)22-19-5-3-4-6-20(19)23(29)27(25-22)15-26(2)13-21(28)24-18-11-12-32(30,31)14-18/h3-10,18H,11-15H2,1-2H3,(H,24,28). The van der Waals surface area contributed by atoms with Crippen LogP contribution in [0.3, 0.4) is 0 Å². The molecule has 9 heteroatoms. The molecule has 0 radical (unpaired) electrons. The van der Waals surface area contributed by atoms with Gasteiger partial charge in [0, 0.05) is 17.0 Å². The number of carbonyl (C=O) groups is 1. The molecule has 3 aromatic rings. The summed E-state index contributed by atoms with van der Waals surface area (Å²) in [4.78, 5) is 27.1. The zero-order chi connectivity index (χ0) is 22.9. The molecule has 0 spiro atoms. The van der Waals surface area contributed by atoms with E-state index in [1.165, 1.54) is 4.68 Å². The predicted octanol–water partition coefficient (Wildman–Crippen LogP) is 1.56. The Morgan fingerprint density at radius 3 is 2.50 bits per heavy atom. The summed E-state index contributed by atoms with van der Waals surface area (Å²) >= 11 is 0. The van der Waals surface area contributed by atoms with Crippen molar-refractivity contribution in [2.24, 2.45) is 0 Å². The van der Waals surface area contributed by atoms with Crippen LogP contribution in [0.4, 0.5) is 0 Å². The molecule has 1 aromatic heterocycles. The van der Waals surface area contributed by atoms with Crippen LogP contribution < -0.4 is 10.9 Å². The molecular weight excluding hydrogens is 428 g/mol. The summed E-state index contributed by atoms with van der Waals surface area (Å²) in [5, 5.41) is 8.73. The van der Waals surface area contributed by atoms with Gasteiger partial charge in [0.1, 0.15) is 0 Å². The van der Waals surface area contributed by atoms with Crippen LogP contribution in [0.15, 0.2) is 53.3 Å². The van der Waals surface area contributed by atoms with Crippen LogP contribution >= 0.6 is 0 Å². The fraction of sp³-hybridized carbons (Fsp3) is 0.348. The molecule has 4 rings (SSSR count). The lowest BCUT2D eigenvalue weighted by Gasteiger charge is -2.19. The molecule has 1 aliphatic rings. The van der Waals surface area contributed by atoms with E-state index < -0.39 is 9.84 Å². The van der Waals surface area contributed by atoms with Crippen molar-refractivity contribution in [2.45, 2.75) is 26.1 Å². The zero-order valence-corrected chi connectivity index (χ0v) is 18.9. The number of hydrogen-bond acceptors (Lipinski definition) is 6. The van der Waals surface area contributed by atoms with Crippen molar-refractivity contribution in [2.75, 3.05) is 25.1 Å². The third-order valence-corrected chi connectivity index (χ3v) is 7.35. The molecule has 1 atom stereocenters. The van der Waals surface area contributed by atoms with Crippen molar-refractivity contribution in [1.82, 2.24) is 20.0 Å². The molecular formula is C23H26N4O4S. The van der Waals surface area contributed by atoms with E-state index in [1.54, 1.807) is 18.0 Å². The SMILES string of the molecule is Cc1ccc(-c2nn(CN(C)CC(=O)NC3CCS(=O)(=O)C3)c(=O)c3ccccc23)cc1. The first-order valence-electron chi connectivity index (χ1n) is 10.5. The number of likely N-dealkylation sites (N-methyl/N-ethyl adjacent to an activating group) is 1. The molecule has 1 amide bonds. The fourth-order valence-corrected chi connectivity index (χ4v) is 5.63. The van der Waals surface area contributed by atoms with Crippen molar-refractivity contribution in [3.8, 4) is 11.3 Å². The molecule has 1 aliphatic heterocycles. The Hall–Kier alpha value is -3.04. The Morgan fingerprint density at radius 1 is 1.16 bits per heavy atom. The lowest BCUT2D eigenvalue weighted by atomic mass is 10.0. The van der Waals surface area contributed by atoms with E-state index in [-0.39, 0.29) is 42.2 Å². The maximum absolute atomic E-state index is 13.0. The van der Waals surface area contributed by atoms with Gasteiger partial charge in [-0.05, 0) is 26.5 Å². The number of amides is 1. The molecule has 1 fully saturated rings. The highest BCUT2D eigenvalue weighted by atomic mass is 32.2. The van der Waals surface area contributed by atoms with E-state index in [0.717, 1.165) is 16.5 Å². The van der Waals surface area contributed by atoms with Crippen LogP contribution in [0, 0.1) is 6.92 Å². The molecule has 0 aliphatic carbocycles. The zero-order valence-electron chi connectivity index (χ0n) is 18.1. The molecule has 0 bridgehead atoms. The van der Waals surface area contributed by atoms with Crippen molar-refractivity contribution in [3.05, 3.63) is 64.4 Å². The minimum atomic E-state index is -3.06. The van der Waals surface area contributed by atoms with Gasteiger partial charge in [-0.15, -0.1) is 0 Å². The van der Waals surface area contributed by atoms with Gasteiger partial charge in [0.05, 0.1) is 35.8 Å². The molecule has 1 saturated heterocycles. The average molecular weight is 455 g/mol. The van der Waals surface area contributed by atoms with E-state index >= 15 is 0 Å². The molecule has 1 unspecified atom stereocenters. The van der Waals surface area contributed by atoms with Gasteiger partial charge in [-0.3, -0.25) is 14.5 Å². The van der Waals surface area contributed by atoms with Gasteiger partial charge in [-0.2, -0.15) is 5.10 Å². The van der Waals surface area contributed by atoms with Gasteiger partial charge in [0.15, 0.2) is 9.84 Å². The molecule has 2 heterocycles. The van der Waals surface area contributed by atoms with Gasteiger partial charge in [0.2, 0.25) is 5.91 Å². The number of aromatic nitrogens is 2. The monoisotopic (exact) mass is 454 g/mol. The highest BCUT2D eigenvalue weighted by molar-refractivity contribution is 7.91. The summed E-state index contributed by atoms with van der Waals surface area (Å²) < 4.78 is 24.5. The summed E-state index contributed by atoms with van der Waals surface area (Å²) in [6.07, 6.45) is 0.434. The third kappa shape index (κ3) is 4.89. The van der Waals surface area contributed by atoms with Gasteiger partial charge in [-0.25, -0.2) is 13.1 Å². The van der Waals surface area contributed by atoms with Crippen molar-refractivity contribution in [3.63, 3.8) is 0 Å². The van der Waals surface area contributed by atoms with Gasteiger partial charge in [-0.1, -0.05) is 48.0 Å². The molecule has 168 valence electrons. The summed E-state index contributed by atoms with van der Waals surface area (Å²) in [5.74, 6) is -0.192. The predicted molar refractivity (Wildman–Crippen MR) is 124 cm³/mol. The number of aryl methyl sites for hydroxylation is 1. The number of rotatable bonds is 6. The molecule has 32 heavy (non-hydrogen) atoms. The van der Waals surface area contributed by atoms with Crippen LogP contribution in [-0.2, 0) is 21.3 Å². The maximum atomic E-state index is 13.0. The van der Waals surface area contributed by atoms with E-state index in [1.807, 2.05) is 49.4 Å². The minimum absolute atomic E-state index is 0.0198. The normalized spacial score (nSPS) is 17.7. The average Bonchev–Trinajstić information content (AvgIpc) is 3.08. The number of nitrogens with zero attached hydrogens (tertiary/aromatic N) is 3. The highest BCUT2D eigenvalue weighted by Gasteiger charge is 2.29. The Bertz CT molecular complexity index is 1320. The highest BCUT2D eigenvalue weighted by Crippen LogP contribution is 2.24. The number of nitrogens with one attached hydrogen (secondary N) is 1. The third-order valence-electron chi connectivity index (χ3n) is 5.58. The minimum Gasteiger partial charge on any atom is -0.351 e. The lowest BCUT2D eigenvalue weighted by molar-refractivity contribution is -0.122. The van der Waals surface area contributed by atoms with Gasteiger partial charge >= 0.3 is 0 Å². The molecule has 8 nitrogen and oxygen atoms in total. The smallest absolute Gasteiger partial charge is 0.275 e. The van der Waals surface area contributed by atoms with Gasteiger partial charge < -0.3 is 5.32 Å². The van der Waals surface area contributed by atoms with E-state index in [0.29, 0.717) is 17.5 Å². The number of benzene rings is 2. The first-order valence-corrected chi connectivity index (χ1v) is 12.3. The molecule has 1 N–H and O–H groups in total. The Balaban J connectivity index is 1.56. The first kappa shape index (κ1) is 22.2. The quantitative estimate of drug-likeness (QED) is 0.607. The lowest BCUT2D eigenvalue weighted by Crippen LogP contribution is -2.43. The largest absolute Gasteiger partial charge is 0.351 e. The summed E-state index contributed by atoms with van der Waals surface area (Å²) in [5.41, 5.74) is 2.51. The maximum Gasteiger partial charge on any atom is 0.275 e. The second kappa shape index (κ2) is 8.84. The van der Waals surface area contributed by atoms with Crippen LogP contribution in [0.5, 0.6) is 0 Å². The van der Waals surface area contributed by atoms with E-state index in [2.05, 4.69) is 10.4 Å². The topological polar surface area (TPSA) is 101 Å². The molecule has 2 aromatic carbocycles. The Labute approximate surface area is 186 Å². The van der Waals surface area contributed by atoms with E-state index in [9.17, 15) is 18.0 Å². The summed E-state index contributed by atoms with van der Waals surface area (Å²) in [6, 6.07) is 15.0. The second-order valence-electron chi connectivity index (χ2n) is 8.39. The van der Waals surface area contributed by atoms with Crippen LogP contribution in [0.2, 0.25) is 0 Å². The van der Waals surface area contributed by atoms with Crippen LogP contribution in [0.25, 0.3) is 22.0 Å². The second-order valence-corrected chi connectivity index (χ2v) is 10.6. The Morgan fingerprint density at radius 2 is 1.84 bits per heavy atom. The first-order chi connectivity index (χ1) is 15.2. The fourth-order valence-electron chi connectivity index (χ4n) is 3.96. The van der Waals surface area contributed by atoms with Crippen molar-refractivity contribution in [1.29, 1.82) is 0 Å². The van der Waals surface area contributed by atoms with Crippen LogP contribution in [-0.4, -0.2) is 60.1 Å². The van der Waals surface area contributed by atoms with Crippen LogP contribution in [0.1, 0.15) is 12.0 Å². The van der Waals surface area contributed by atoms with Gasteiger partial charge in [0.25, 0.3) is 5.56 Å². The number of sulfone groups is 1. The van der Waals surface area contributed by atoms with Crippen molar-refractivity contribution >= 4 is 26.5 Å². The Kier molecular flexibility index (Phi) is 6.12. The van der Waals surface area contributed by atoms with Crippen molar-refractivity contribution < 1.29 is 13.2 Å². The summed E-state index contributed by atoms with van der Waals surface area (Å²) in [7, 11) is -1.34. The van der Waals surface area contributed by atoms with E-state index in [4.69, 9.17) is 0 Å². The summed E-state index contributed by atoms with van der Waals surface area (Å²) in [6.45, 7) is 2.16. The molecule has 0 saturated carbocycles.